The smallest absolute Gasteiger partial charge is 0.487 e. The van der Waals surface area contributed by atoms with Gasteiger partial charge in [-0.15, -0.1) is 13.2 Å². The Labute approximate surface area is 135 Å². The fraction of sp³-hybridized carbons (Fsp3) is 0.154. The highest BCUT2D eigenvalue weighted by Gasteiger charge is 2.31. The molecule has 1 aromatic carbocycles. The first-order valence-corrected chi connectivity index (χ1v) is 7.20. The minimum atomic E-state index is -4.73. The van der Waals surface area contributed by atoms with Crippen LogP contribution in [-0.4, -0.2) is 11.3 Å². The molecule has 1 heterocycles. The molecule has 0 fully saturated rings. The predicted octanol–water partition coefficient (Wildman–Crippen LogP) is 5.08. The molecule has 21 heavy (non-hydrogen) atoms. The Morgan fingerprint density at radius 1 is 1.10 bits per heavy atom. The molecular formula is C13H8Br2F3NO2. The minimum absolute atomic E-state index is 0.154. The quantitative estimate of drug-likeness (QED) is 0.682. The summed E-state index contributed by atoms with van der Waals surface area (Å²) in [6.45, 7) is 0.208. The van der Waals surface area contributed by atoms with E-state index in [0.29, 0.717) is 11.4 Å². The van der Waals surface area contributed by atoms with Crippen molar-refractivity contribution in [3.05, 3.63) is 51.2 Å². The Morgan fingerprint density at radius 3 is 2.43 bits per heavy atom. The third kappa shape index (κ3) is 5.20. The molecule has 0 saturated carbocycles. The molecule has 8 heteroatoms. The standard InChI is InChI=1S/C13H8Br2F3NO2/c14-8-1-2-9(19-6-8)7-20-10-3-4-12(11(15)5-10)21-13(16,17)18/h1-6H,7H2. The SMILES string of the molecule is FC(F)(F)Oc1ccc(OCc2ccc(Br)cn2)cc1Br. The first-order valence-electron chi connectivity index (χ1n) is 5.62. The third-order valence-corrected chi connectivity index (χ3v) is 3.39. The Morgan fingerprint density at radius 2 is 1.86 bits per heavy atom. The van der Waals surface area contributed by atoms with Gasteiger partial charge in [-0.3, -0.25) is 4.98 Å². The molecule has 0 bridgehead atoms. The number of pyridine rings is 1. The average molecular weight is 427 g/mol. The normalized spacial score (nSPS) is 11.3. The lowest BCUT2D eigenvalue weighted by Gasteiger charge is -2.12. The van der Waals surface area contributed by atoms with Crippen molar-refractivity contribution in [3.8, 4) is 11.5 Å². The van der Waals surface area contributed by atoms with Gasteiger partial charge in [0.05, 0.1) is 10.2 Å². The number of hydrogen-bond acceptors (Lipinski definition) is 3. The predicted molar refractivity (Wildman–Crippen MR) is 77.1 cm³/mol. The zero-order valence-corrected chi connectivity index (χ0v) is 13.5. The van der Waals surface area contributed by atoms with Gasteiger partial charge in [0.15, 0.2) is 0 Å². The lowest BCUT2D eigenvalue weighted by molar-refractivity contribution is -0.274. The fourth-order valence-corrected chi connectivity index (χ4v) is 2.10. The van der Waals surface area contributed by atoms with Gasteiger partial charge < -0.3 is 9.47 Å². The lowest BCUT2D eigenvalue weighted by Crippen LogP contribution is -2.17. The summed E-state index contributed by atoms with van der Waals surface area (Å²) in [5, 5.41) is 0. The lowest BCUT2D eigenvalue weighted by atomic mass is 10.3. The van der Waals surface area contributed by atoms with Gasteiger partial charge in [0.2, 0.25) is 0 Å². The van der Waals surface area contributed by atoms with Gasteiger partial charge in [-0.2, -0.15) is 0 Å². The number of benzene rings is 1. The number of nitrogens with zero attached hydrogens (tertiary/aromatic N) is 1. The van der Waals surface area contributed by atoms with Gasteiger partial charge in [0, 0.05) is 10.7 Å². The molecule has 3 nitrogen and oxygen atoms in total. The summed E-state index contributed by atoms with van der Waals surface area (Å²) in [5.74, 6) is 0.0812. The molecule has 0 aliphatic heterocycles. The van der Waals surface area contributed by atoms with Crippen molar-refractivity contribution >= 4 is 31.9 Å². The van der Waals surface area contributed by atoms with Crippen molar-refractivity contribution in [2.45, 2.75) is 13.0 Å². The van der Waals surface area contributed by atoms with Crippen LogP contribution in [0.15, 0.2) is 45.5 Å². The van der Waals surface area contributed by atoms with Gasteiger partial charge in [-0.05, 0) is 62.2 Å². The molecule has 2 rings (SSSR count). The first kappa shape index (κ1) is 16.1. The van der Waals surface area contributed by atoms with E-state index in [0.717, 1.165) is 4.47 Å². The van der Waals surface area contributed by atoms with Crippen LogP contribution in [0.1, 0.15) is 5.69 Å². The average Bonchev–Trinajstić information content (AvgIpc) is 2.40. The van der Waals surface area contributed by atoms with Gasteiger partial charge >= 0.3 is 6.36 Å². The van der Waals surface area contributed by atoms with Crippen molar-refractivity contribution in [1.82, 2.24) is 4.98 Å². The van der Waals surface area contributed by atoms with Crippen LogP contribution in [0.2, 0.25) is 0 Å². The van der Waals surface area contributed by atoms with Crippen molar-refractivity contribution in [1.29, 1.82) is 0 Å². The summed E-state index contributed by atoms with van der Waals surface area (Å²) < 4.78 is 46.7. The number of alkyl halides is 3. The molecule has 1 aromatic heterocycles. The van der Waals surface area contributed by atoms with Crippen LogP contribution in [-0.2, 0) is 6.61 Å². The van der Waals surface area contributed by atoms with Crippen molar-refractivity contribution < 1.29 is 22.6 Å². The Bertz CT molecular complexity index is 618. The summed E-state index contributed by atoms with van der Waals surface area (Å²) in [6, 6.07) is 7.58. The second-order valence-electron chi connectivity index (χ2n) is 3.90. The number of rotatable bonds is 4. The molecule has 2 aromatic rings. The van der Waals surface area contributed by atoms with Crippen LogP contribution in [0.25, 0.3) is 0 Å². The van der Waals surface area contributed by atoms with Gasteiger partial charge in [0.1, 0.15) is 18.1 Å². The maximum absolute atomic E-state index is 12.1. The van der Waals surface area contributed by atoms with E-state index in [4.69, 9.17) is 4.74 Å². The van der Waals surface area contributed by atoms with Crippen LogP contribution in [0.5, 0.6) is 11.5 Å². The number of hydrogen-bond donors (Lipinski definition) is 0. The first-order chi connectivity index (χ1) is 9.83. The Balaban J connectivity index is 2.01. The molecule has 0 atom stereocenters. The molecule has 0 radical (unpaired) electrons. The number of aromatic nitrogens is 1. The summed E-state index contributed by atoms with van der Waals surface area (Å²) in [5.41, 5.74) is 0.699. The van der Waals surface area contributed by atoms with Crippen molar-refractivity contribution in [3.63, 3.8) is 0 Å². The van der Waals surface area contributed by atoms with E-state index in [9.17, 15) is 13.2 Å². The minimum Gasteiger partial charge on any atom is -0.487 e. The van der Waals surface area contributed by atoms with E-state index in [1.807, 2.05) is 6.07 Å². The monoisotopic (exact) mass is 425 g/mol. The van der Waals surface area contributed by atoms with Crippen LogP contribution in [0, 0.1) is 0 Å². The van der Waals surface area contributed by atoms with E-state index in [1.165, 1.54) is 18.2 Å². The number of ether oxygens (including phenoxy) is 2. The highest BCUT2D eigenvalue weighted by Crippen LogP contribution is 2.33. The maximum Gasteiger partial charge on any atom is 0.573 e. The van der Waals surface area contributed by atoms with E-state index >= 15 is 0 Å². The maximum atomic E-state index is 12.1. The van der Waals surface area contributed by atoms with Crippen LogP contribution in [0.4, 0.5) is 13.2 Å². The molecule has 112 valence electrons. The zero-order valence-electron chi connectivity index (χ0n) is 10.3. The molecule has 0 spiro atoms. The molecule has 0 aliphatic carbocycles. The van der Waals surface area contributed by atoms with Gasteiger partial charge in [-0.1, -0.05) is 0 Å². The summed E-state index contributed by atoms with van der Waals surface area (Å²) in [6.07, 6.45) is -3.10. The highest BCUT2D eigenvalue weighted by atomic mass is 79.9. The van der Waals surface area contributed by atoms with E-state index in [1.54, 1.807) is 12.3 Å². The van der Waals surface area contributed by atoms with Gasteiger partial charge in [-0.25, -0.2) is 0 Å². The fourth-order valence-electron chi connectivity index (χ4n) is 1.43. The topological polar surface area (TPSA) is 31.4 Å². The van der Waals surface area contributed by atoms with Gasteiger partial charge in [0.25, 0.3) is 0 Å². The molecule has 0 unspecified atom stereocenters. The molecule has 0 amide bonds. The van der Waals surface area contributed by atoms with Crippen molar-refractivity contribution in [2.75, 3.05) is 0 Å². The van der Waals surface area contributed by atoms with Crippen LogP contribution < -0.4 is 9.47 Å². The second kappa shape index (κ2) is 6.65. The van der Waals surface area contributed by atoms with E-state index in [-0.39, 0.29) is 16.8 Å². The molecule has 0 saturated heterocycles. The number of halogens is 5. The van der Waals surface area contributed by atoms with E-state index in [2.05, 4.69) is 41.6 Å². The summed E-state index contributed by atoms with van der Waals surface area (Å²) >= 11 is 6.28. The Hall–Kier alpha value is -1.28. The third-order valence-electron chi connectivity index (χ3n) is 2.30. The van der Waals surface area contributed by atoms with Crippen LogP contribution in [0.3, 0.4) is 0 Å². The molecular weight excluding hydrogens is 419 g/mol. The Kier molecular flexibility index (Phi) is 5.10. The van der Waals surface area contributed by atoms with Crippen molar-refractivity contribution in [2.24, 2.45) is 0 Å². The summed E-state index contributed by atoms with van der Waals surface area (Å²) in [7, 11) is 0. The summed E-state index contributed by atoms with van der Waals surface area (Å²) in [4.78, 5) is 4.12. The zero-order chi connectivity index (χ0) is 15.5. The highest BCUT2D eigenvalue weighted by molar-refractivity contribution is 9.10. The van der Waals surface area contributed by atoms with Crippen LogP contribution >= 0.6 is 31.9 Å². The molecule has 0 aliphatic rings. The largest absolute Gasteiger partial charge is 0.573 e. The second-order valence-corrected chi connectivity index (χ2v) is 5.67. The molecule has 0 N–H and O–H groups in total. The van der Waals surface area contributed by atoms with E-state index < -0.39 is 6.36 Å².